The van der Waals surface area contributed by atoms with Crippen molar-refractivity contribution in [2.24, 2.45) is 10.9 Å². The summed E-state index contributed by atoms with van der Waals surface area (Å²) in [6.07, 6.45) is 0.929. The topological polar surface area (TPSA) is 38.7 Å². The SMILES string of the molecule is CCC(C)/C(=N/C(C)C)OC(C)=O. The Labute approximate surface area is 80.2 Å². The largest absolute Gasteiger partial charge is 0.412 e. The van der Waals surface area contributed by atoms with E-state index in [-0.39, 0.29) is 17.9 Å². The normalized spacial score (nSPS) is 14.5. The van der Waals surface area contributed by atoms with Crippen LogP contribution in [0.2, 0.25) is 0 Å². The van der Waals surface area contributed by atoms with Gasteiger partial charge in [0.2, 0.25) is 0 Å². The first-order valence-corrected chi connectivity index (χ1v) is 4.73. The molecule has 3 nitrogen and oxygen atoms in total. The van der Waals surface area contributed by atoms with Gasteiger partial charge in [0.15, 0.2) is 5.90 Å². The van der Waals surface area contributed by atoms with E-state index >= 15 is 0 Å². The quantitative estimate of drug-likeness (QED) is 0.385. The fourth-order valence-electron chi connectivity index (χ4n) is 0.831. The van der Waals surface area contributed by atoms with E-state index in [4.69, 9.17) is 4.74 Å². The molecule has 0 saturated carbocycles. The van der Waals surface area contributed by atoms with Crippen LogP contribution >= 0.6 is 0 Å². The molecule has 0 radical (unpaired) electrons. The zero-order valence-corrected chi connectivity index (χ0v) is 9.13. The van der Waals surface area contributed by atoms with Crippen molar-refractivity contribution >= 4 is 11.9 Å². The van der Waals surface area contributed by atoms with E-state index < -0.39 is 0 Å². The Morgan fingerprint density at radius 3 is 2.23 bits per heavy atom. The van der Waals surface area contributed by atoms with Crippen LogP contribution in [0, 0.1) is 5.92 Å². The van der Waals surface area contributed by atoms with Crippen molar-refractivity contribution < 1.29 is 9.53 Å². The Morgan fingerprint density at radius 1 is 1.38 bits per heavy atom. The van der Waals surface area contributed by atoms with Crippen molar-refractivity contribution in [3.8, 4) is 0 Å². The fraction of sp³-hybridized carbons (Fsp3) is 0.800. The summed E-state index contributed by atoms with van der Waals surface area (Å²) >= 11 is 0. The molecule has 3 heteroatoms. The van der Waals surface area contributed by atoms with Gasteiger partial charge in [-0.1, -0.05) is 13.8 Å². The average Bonchev–Trinajstić information content (AvgIpc) is 2.00. The molecule has 0 N–H and O–H groups in total. The molecule has 0 heterocycles. The zero-order valence-electron chi connectivity index (χ0n) is 9.13. The molecular formula is C10H19NO2. The summed E-state index contributed by atoms with van der Waals surface area (Å²) in [6.45, 7) is 9.38. The Bertz CT molecular complexity index is 197. The van der Waals surface area contributed by atoms with Gasteiger partial charge in [-0.15, -0.1) is 0 Å². The smallest absolute Gasteiger partial charge is 0.309 e. The highest BCUT2D eigenvalue weighted by molar-refractivity contribution is 5.89. The molecule has 0 rings (SSSR count). The predicted molar refractivity (Wildman–Crippen MR) is 53.8 cm³/mol. The van der Waals surface area contributed by atoms with Gasteiger partial charge in [-0.25, -0.2) is 0 Å². The summed E-state index contributed by atoms with van der Waals surface area (Å²) in [4.78, 5) is 15.0. The Hall–Kier alpha value is -0.860. The second-order valence-corrected chi connectivity index (χ2v) is 3.46. The molecule has 0 amide bonds. The first-order chi connectivity index (χ1) is 5.97. The van der Waals surface area contributed by atoms with Crippen molar-refractivity contribution in [1.29, 1.82) is 0 Å². The highest BCUT2D eigenvalue weighted by Gasteiger charge is 2.12. The van der Waals surface area contributed by atoms with Gasteiger partial charge >= 0.3 is 5.97 Å². The first-order valence-electron chi connectivity index (χ1n) is 4.73. The number of carbonyl (C=O) groups excluding carboxylic acids is 1. The summed E-state index contributed by atoms with van der Waals surface area (Å²) in [6, 6.07) is 0.170. The molecule has 0 aliphatic carbocycles. The Kier molecular flexibility index (Phi) is 5.35. The second-order valence-electron chi connectivity index (χ2n) is 3.46. The number of esters is 1. The molecule has 0 bridgehead atoms. The van der Waals surface area contributed by atoms with Crippen LogP contribution in [0.1, 0.15) is 41.0 Å². The number of aliphatic imine (C=N–C) groups is 1. The standard InChI is InChI=1S/C10H19NO2/c1-6-8(4)10(11-7(2)3)13-9(5)12/h7-8H,6H2,1-5H3/b11-10-. The molecule has 0 aliphatic rings. The summed E-state index contributed by atoms with van der Waals surface area (Å²) in [7, 11) is 0. The zero-order chi connectivity index (χ0) is 10.4. The minimum absolute atomic E-state index is 0.170. The molecule has 76 valence electrons. The highest BCUT2D eigenvalue weighted by atomic mass is 16.5. The van der Waals surface area contributed by atoms with E-state index in [0.29, 0.717) is 5.90 Å². The Balaban J connectivity index is 4.45. The molecule has 13 heavy (non-hydrogen) atoms. The van der Waals surface area contributed by atoms with Gasteiger partial charge in [0.25, 0.3) is 0 Å². The van der Waals surface area contributed by atoms with Crippen molar-refractivity contribution in [2.45, 2.75) is 47.1 Å². The van der Waals surface area contributed by atoms with Gasteiger partial charge in [-0.3, -0.25) is 9.79 Å². The highest BCUT2D eigenvalue weighted by Crippen LogP contribution is 2.07. The van der Waals surface area contributed by atoms with E-state index in [1.54, 1.807) is 0 Å². The lowest BCUT2D eigenvalue weighted by Gasteiger charge is -2.12. The van der Waals surface area contributed by atoms with Crippen molar-refractivity contribution in [1.82, 2.24) is 0 Å². The van der Waals surface area contributed by atoms with Crippen molar-refractivity contribution in [3.63, 3.8) is 0 Å². The summed E-state index contributed by atoms with van der Waals surface area (Å²) in [5.74, 6) is 0.482. The number of hydrogen-bond acceptors (Lipinski definition) is 3. The van der Waals surface area contributed by atoms with Crippen LogP contribution < -0.4 is 0 Å². The lowest BCUT2D eigenvalue weighted by atomic mass is 10.1. The fourth-order valence-corrected chi connectivity index (χ4v) is 0.831. The van der Waals surface area contributed by atoms with Gasteiger partial charge in [-0.05, 0) is 20.3 Å². The average molecular weight is 185 g/mol. The number of ether oxygens (including phenoxy) is 1. The van der Waals surface area contributed by atoms with Crippen LogP contribution in [0.5, 0.6) is 0 Å². The van der Waals surface area contributed by atoms with Gasteiger partial charge in [0.05, 0.1) is 0 Å². The second kappa shape index (κ2) is 5.73. The molecule has 0 aromatic heterocycles. The van der Waals surface area contributed by atoms with Crippen molar-refractivity contribution in [3.05, 3.63) is 0 Å². The summed E-state index contributed by atoms with van der Waals surface area (Å²) < 4.78 is 5.02. The van der Waals surface area contributed by atoms with Gasteiger partial charge < -0.3 is 4.74 Å². The van der Waals surface area contributed by atoms with Crippen molar-refractivity contribution in [2.75, 3.05) is 0 Å². The minimum Gasteiger partial charge on any atom is -0.412 e. The van der Waals surface area contributed by atoms with Crippen LogP contribution in [0.25, 0.3) is 0 Å². The van der Waals surface area contributed by atoms with Crippen LogP contribution in [-0.2, 0) is 9.53 Å². The number of carbonyl (C=O) groups is 1. The molecule has 0 saturated heterocycles. The predicted octanol–water partition coefficient (Wildman–Crippen LogP) is 2.40. The van der Waals surface area contributed by atoms with Crippen LogP contribution in [0.15, 0.2) is 4.99 Å². The maximum Gasteiger partial charge on any atom is 0.309 e. The lowest BCUT2D eigenvalue weighted by Crippen LogP contribution is -2.19. The van der Waals surface area contributed by atoms with Crippen LogP contribution in [0.4, 0.5) is 0 Å². The molecule has 0 fully saturated rings. The third kappa shape index (κ3) is 5.39. The van der Waals surface area contributed by atoms with Gasteiger partial charge in [-0.2, -0.15) is 0 Å². The maximum atomic E-state index is 10.8. The van der Waals surface area contributed by atoms with E-state index in [2.05, 4.69) is 4.99 Å². The van der Waals surface area contributed by atoms with E-state index in [1.165, 1.54) is 6.92 Å². The third-order valence-corrected chi connectivity index (χ3v) is 1.67. The molecule has 0 aliphatic heterocycles. The molecular weight excluding hydrogens is 166 g/mol. The first kappa shape index (κ1) is 12.1. The number of nitrogens with zero attached hydrogens (tertiary/aromatic N) is 1. The van der Waals surface area contributed by atoms with Gasteiger partial charge in [0, 0.05) is 18.9 Å². The van der Waals surface area contributed by atoms with Crippen LogP contribution in [0.3, 0.4) is 0 Å². The molecule has 1 atom stereocenters. The molecule has 0 spiro atoms. The monoisotopic (exact) mass is 185 g/mol. The summed E-state index contributed by atoms with van der Waals surface area (Å²) in [5.41, 5.74) is 0. The van der Waals surface area contributed by atoms with E-state index in [9.17, 15) is 4.79 Å². The minimum atomic E-state index is -0.292. The number of rotatable bonds is 3. The van der Waals surface area contributed by atoms with E-state index in [0.717, 1.165) is 6.42 Å². The summed E-state index contributed by atoms with van der Waals surface area (Å²) in [5, 5.41) is 0. The maximum absolute atomic E-state index is 10.8. The van der Waals surface area contributed by atoms with Gasteiger partial charge in [0.1, 0.15) is 0 Å². The Morgan fingerprint density at radius 2 is 1.92 bits per heavy atom. The number of hydrogen-bond donors (Lipinski definition) is 0. The molecule has 1 unspecified atom stereocenters. The third-order valence-electron chi connectivity index (χ3n) is 1.67. The molecule has 0 aromatic carbocycles. The molecule has 0 aromatic rings. The lowest BCUT2D eigenvalue weighted by molar-refractivity contribution is -0.133. The van der Waals surface area contributed by atoms with E-state index in [1.807, 2.05) is 27.7 Å². The van der Waals surface area contributed by atoms with Crippen LogP contribution in [-0.4, -0.2) is 17.9 Å².